The Bertz CT molecular complexity index is 951. The molecule has 0 amide bonds. The Balaban J connectivity index is 1.84. The van der Waals surface area contributed by atoms with Gasteiger partial charge in [0.1, 0.15) is 5.82 Å². The van der Waals surface area contributed by atoms with Crippen molar-refractivity contribution in [3.63, 3.8) is 0 Å². The fraction of sp³-hybridized carbons (Fsp3) is 0.450. The van der Waals surface area contributed by atoms with Gasteiger partial charge in [0, 0.05) is 38.8 Å². The summed E-state index contributed by atoms with van der Waals surface area (Å²) in [6.45, 7) is 8.23. The van der Waals surface area contributed by atoms with Crippen LogP contribution in [-0.2, 0) is 7.05 Å². The largest absolute Gasteiger partial charge is 0.383 e. The standard InChI is InChI=1S/C20H27N7/c1-13(2)14-5-7-15(8-6-14)17-16-18(21)26(4)24-19(16)23-20(22-17)27-11-9-25(3)10-12-27/h5-8,13H,9-12,21H2,1-4H3. The molecule has 0 radical (unpaired) electrons. The molecule has 3 aromatic rings. The third-order valence-corrected chi connectivity index (χ3v) is 5.36. The molecule has 2 N–H and O–H groups in total. The first kappa shape index (κ1) is 17.7. The van der Waals surface area contributed by atoms with Crippen molar-refractivity contribution >= 4 is 22.8 Å². The van der Waals surface area contributed by atoms with Gasteiger partial charge in [-0.25, -0.2) is 4.98 Å². The first-order valence-corrected chi connectivity index (χ1v) is 9.48. The molecule has 0 saturated carbocycles. The van der Waals surface area contributed by atoms with Crippen LogP contribution in [0.1, 0.15) is 25.3 Å². The molecule has 0 unspecified atom stereocenters. The molecule has 142 valence electrons. The van der Waals surface area contributed by atoms with Crippen LogP contribution in [0.15, 0.2) is 24.3 Å². The minimum absolute atomic E-state index is 0.494. The van der Waals surface area contributed by atoms with Gasteiger partial charge in [-0.1, -0.05) is 38.1 Å². The summed E-state index contributed by atoms with van der Waals surface area (Å²) in [4.78, 5) is 14.2. The number of hydrogen-bond donors (Lipinski definition) is 1. The predicted octanol–water partition coefficient (Wildman–Crippen LogP) is 2.49. The number of benzene rings is 1. The summed E-state index contributed by atoms with van der Waals surface area (Å²) in [5, 5.41) is 5.35. The molecule has 0 atom stereocenters. The molecule has 0 spiro atoms. The van der Waals surface area contributed by atoms with E-state index in [9.17, 15) is 0 Å². The summed E-state index contributed by atoms with van der Waals surface area (Å²) in [6, 6.07) is 8.57. The Morgan fingerprint density at radius 2 is 1.63 bits per heavy atom. The van der Waals surface area contributed by atoms with Crippen LogP contribution in [0.5, 0.6) is 0 Å². The maximum Gasteiger partial charge on any atom is 0.228 e. The third-order valence-electron chi connectivity index (χ3n) is 5.36. The Morgan fingerprint density at radius 3 is 2.26 bits per heavy atom. The third kappa shape index (κ3) is 3.23. The number of nitrogens with zero attached hydrogens (tertiary/aromatic N) is 6. The maximum atomic E-state index is 6.30. The highest BCUT2D eigenvalue weighted by Crippen LogP contribution is 2.32. The molecule has 4 rings (SSSR count). The predicted molar refractivity (Wildman–Crippen MR) is 110 cm³/mol. The minimum atomic E-state index is 0.494. The Kier molecular flexibility index (Phi) is 4.47. The van der Waals surface area contributed by atoms with Gasteiger partial charge in [-0.15, -0.1) is 0 Å². The van der Waals surface area contributed by atoms with Crippen molar-refractivity contribution in [2.45, 2.75) is 19.8 Å². The van der Waals surface area contributed by atoms with Gasteiger partial charge >= 0.3 is 0 Å². The van der Waals surface area contributed by atoms with E-state index in [0.717, 1.165) is 48.8 Å². The second-order valence-electron chi connectivity index (χ2n) is 7.65. The monoisotopic (exact) mass is 365 g/mol. The van der Waals surface area contributed by atoms with Gasteiger partial charge in [0.25, 0.3) is 0 Å². The number of aromatic nitrogens is 4. The smallest absolute Gasteiger partial charge is 0.228 e. The molecule has 1 fully saturated rings. The number of aryl methyl sites for hydroxylation is 1. The van der Waals surface area contributed by atoms with E-state index < -0.39 is 0 Å². The van der Waals surface area contributed by atoms with Crippen LogP contribution in [0.4, 0.5) is 11.8 Å². The van der Waals surface area contributed by atoms with Crippen molar-refractivity contribution in [1.82, 2.24) is 24.6 Å². The van der Waals surface area contributed by atoms with E-state index in [4.69, 9.17) is 15.7 Å². The zero-order valence-corrected chi connectivity index (χ0v) is 16.5. The highest BCUT2D eigenvalue weighted by atomic mass is 15.4. The number of anilines is 2. The van der Waals surface area contributed by atoms with Crippen LogP contribution in [0.3, 0.4) is 0 Å². The van der Waals surface area contributed by atoms with E-state index in [2.05, 4.69) is 60.1 Å². The normalized spacial score (nSPS) is 15.8. The van der Waals surface area contributed by atoms with E-state index >= 15 is 0 Å². The Labute approximate surface area is 159 Å². The first-order valence-electron chi connectivity index (χ1n) is 9.48. The number of likely N-dealkylation sites (N-methyl/N-ethyl adjacent to an activating group) is 1. The number of piperazine rings is 1. The van der Waals surface area contributed by atoms with Crippen LogP contribution in [0.2, 0.25) is 0 Å². The summed E-state index contributed by atoms with van der Waals surface area (Å²) in [6.07, 6.45) is 0. The fourth-order valence-electron chi connectivity index (χ4n) is 3.49. The molecule has 27 heavy (non-hydrogen) atoms. The second kappa shape index (κ2) is 6.81. The second-order valence-corrected chi connectivity index (χ2v) is 7.65. The average Bonchev–Trinajstić information content (AvgIpc) is 2.96. The SMILES string of the molecule is CC(C)c1ccc(-c2nc(N3CCN(C)CC3)nc3nn(C)c(N)c23)cc1. The van der Waals surface area contributed by atoms with Crippen LogP contribution in [0, 0.1) is 0 Å². The van der Waals surface area contributed by atoms with Crippen molar-refractivity contribution in [2.24, 2.45) is 7.05 Å². The van der Waals surface area contributed by atoms with Crippen LogP contribution < -0.4 is 10.6 Å². The van der Waals surface area contributed by atoms with Gasteiger partial charge in [0.05, 0.1) is 11.1 Å². The molecule has 1 aliphatic rings. The molecule has 7 nitrogen and oxygen atoms in total. The first-order chi connectivity index (χ1) is 12.9. The van der Waals surface area contributed by atoms with E-state index in [1.54, 1.807) is 4.68 Å². The lowest BCUT2D eigenvalue weighted by Gasteiger charge is -2.32. The molecule has 0 bridgehead atoms. The van der Waals surface area contributed by atoms with Crippen LogP contribution in [-0.4, -0.2) is 57.9 Å². The van der Waals surface area contributed by atoms with Crippen molar-refractivity contribution < 1.29 is 0 Å². The lowest BCUT2D eigenvalue weighted by molar-refractivity contribution is 0.311. The summed E-state index contributed by atoms with van der Waals surface area (Å²) in [5.74, 6) is 1.82. The van der Waals surface area contributed by atoms with Crippen molar-refractivity contribution in [3.8, 4) is 11.3 Å². The molecule has 2 aromatic heterocycles. The van der Waals surface area contributed by atoms with Gasteiger partial charge < -0.3 is 15.5 Å². The summed E-state index contributed by atoms with van der Waals surface area (Å²) < 4.78 is 1.68. The Morgan fingerprint density at radius 1 is 0.963 bits per heavy atom. The maximum absolute atomic E-state index is 6.30. The number of nitrogens with two attached hydrogens (primary N) is 1. The van der Waals surface area contributed by atoms with Crippen LogP contribution >= 0.6 is 0 Å². The molecule has 7 heteroatoms. The molecular weight excluding hydrogens is 338 g/mol. The lowest BCUT2D eigenvalue weighted by Crippen LogP contribution is -2.45. The van der Waals surface area contributed by atoms with Crippen molar-refractivity contribution in [1.29, 1.82) is 0 Å². The van der Waals surface area contributed by atoms with Crippen LogP contribution in [0.25, 0.3) is 22.3 Å². The lowest BCUT2D eigenvalue weighted by atomic mass is 10.00. The van der Waals surface area contributed by atoms with Crippen molar-refractivity contribution in [3.05, 3.63) is 29.8 Å². The minimum Gasteiger partial charge on any atom is -0.383 e. The molecule has 1 saturated heterocycles. The number of hydrogen-bond acceptors (Lipinski definition) is 6. The zero-order valence-electron chi connectivity index (χ0n) is 16.5. The summed E-state index contributed by atoms with van der Waals surface area (Å²) in [5.41, 5.74) is 10.2. The fourth-order valence-corrected chi connectivity index (χ4v) is 3.49. The zero-order chi connectivity index (χ0) is 19.1. The van der Waals surface area contributed by atoms with Gasteiger partial charge in [-0.05, 0) is 18.5 Å². The topological polar surface area (TPSA) is 76.1 Å². The van der Waals surface area contributed by atoms with E-state index in [1.807, 2.05) is 7.05 Å². The number of fused-ring (bicyclic) bond motifs is 1. The van der Waals surface area contributed by atoms with Gasteiger partial charge in [-0.2, -0.15) is 10.1 Å². The molecule has 1 aliphatic heterocycles. The average molecular weight is 365 g/mol. The highest BCUT2D eigenvalue weighted by molar-refractivity contribution is 5.98. The van der Waals surface area contributed by atoms with Gasteiger partial charge in [0.15, 0.2) is 5.65 Å². The number of nitrogen functional groups attached to an aromatic ring is 1. The molecular formula is C20H27N7. The van der Waals surface area contributed by atoms with E-state index in [-0.39, 0.29) is 0 Å². The Hall–Kier alpha value is -2.67. The summed E-state index contributed by atoms with van der Waals surface area (Å²) >= 11 is 0. The quantitative estimate of drug-likeness (QED) is 0.768. The van der Waals surface area contributed by atoms with Gasteiger partial charge in [-0.3, -0.25) is 4.68 Å². The van der Waals surface area contributed by atoms with E-state index in [0.29, 0.717) is 17.4 Å². The number of rotatable bonds is 3. The van der Waals surface area contributed by atoms with Crippen molar-refractivity contribution in [2.75, 3.05) is 43.9 Å². The molecule has 1 aromatic carbocycles. The van der Waals surface area contributed by atoms with E-state index in [1.165, 1.54) is 5.56 Å². The molecule has 3 heterocycles. The highest BCUT2D eigenvalue weighted by Gasteiger charge is 2.22. The summed E-state index contributed by atoms with van der Waals surface area (Å²) in [7, 11) is 3.99. The van der Waals surface area contributed by atoms with Gasteiger partial charge in [0.2, 0.25) is 5.95 Å². The molecule has 0 aliphatic carbocycles.